The van der Waals surface area contributed by atoms with E-state index in [1.165, 1.54) is 6.07 Å². The molecule has 1 atom stereocenters. The van der Waals surface area contributed by atoms with E-state index in [-0.39, 0.29) is 0 Å². The van der Waals surface area contributed by atoms with Crippen LogP contribution >= 0.6 is 15.9 Å². The minimum absolute atomic E-state index is 0.318. The molecule has 0 heterocycles. The van der Waals surface area contributed by atoms with E-state index < -0.39 is 17.7 Å². The average molecular weight is 313 g/mol. The molecule has 2 aromatic rings. The molecular weight excluding hydrogens is 302 g/mol. The summed E-state index contributed by atoms with van der Waals surface area (Å²) in [6.07, 6.45) is -0.991. The van der Waals surface area contributed by atoms with Gasteiger partial charge in [-0.3, -0.25) is 0 Å². The van der Waals surface area contributed by atoms with Crippen LogP contribution in [-0.4, -0.2) is 5.11 Å². The van der Waals surface area contributed by atoms with Crippen LogP contribution in [-0.2, 0) is 0 Å². The Balaban J connectivity index is 2.41. The Kier molecular flexibility index (Phi) is 3.78. The van der Waals surface area contributed by atoms with E-state index >= 15 is 0 Å². The molecule has 0 fully saturated rings. The third-order valence-corrected chi connectivity index (χ3v) is 3.40. The van der Waals surface area contributed by atoms with Crippen LogP contribution in [0.1, 0.15) is 22.8 Å². The average Bonchev–Trinajstić information content (AvgIpc) is 2.32. The molecule has 0 radical (unpaired) electrons. The third kappa shape index (κ3) is 2.60. The summed E-state index contributed by atoms with van der Waals surface area (Å²) in [5.74, 6) is -1.89. The highest BCUT2D eigenvalue weighted by molar-refractivity contribution is 9.10. The molecule has 0 aliphatic carbocycles. The molecule has 0 aliphatic heterocycles. The van der Waals surface area contributed by atoms with Crippen molar-refractivity contribution in [3.63, 3.8) is 0 Å². The lowest BCUT2D eigenvalue weighted by Crippen LogP contribution is -2.02. The summed E-state index contributed by atoms with van der Waals surface area (Å²) >= 11 is 3.35. The summed E-state index contributed by atoms with van der Waals surface area (Å²) in [6, 6.07) is 8.85. The van der Waals surface area contributed by atoms with Gasteiger partial charge in [-0.05, 0) is 41.8 Å². The fourth-order valence-electron chi connectivity index (χ4n) is 1.72. The topological polar surface area (TPSA) is 20.2 Å². The molecule has 0 aromatic heterocycles. The van der Waals surface area contributed by atoms with Crippen LogP contribution in [0.2, 0.25) is 0 Å². The van der Waals surface area contributed by atoms with Gasteiger partial charge in [-0.25, -0.2) is 8.78 Å². The number of aryl methyl sites for hydroxylation is 1. The molecule has 94 valence electrons. The zero-order valence-corrected chi connectivity index (χ0v) is 11.2. The number of aliphatic hydroxyl groups excluding tert-OH is 1. The predicted octanol–water partition coefficient (Wildman–Crippen LogP) is 4.12. The summed E-state index contributed by atoms with van der Waals surface area (Å²) < 4.78 is 26.7. The van der Waals surface area contributed by atoms with Gasteiger partial charge in [0.1, 0.15) is 6.10 Å². The Hall–Kier alpha value is -1.26. The maximum Gasteiger partial charge on any atom is 0.159 e. The number of benzene rings is 2. The Morgan fingerprint density at radius 3 is 2.39 bits per heavy atom. The van der Waals surface area contributed by atoms with Gasteiger partial charge < -0.3 is 5.11 Å². The third-order valence-electron chi connectivity index (χ3n) is 2.71. The highest BCUT2D eigenvalue weighted by Crippen LogP contribution is 2.29. The molecule has 0 aliphatic rings. The van der Waals surface area contributed by atoms with Gasteiger partial charge in [0, 0.05) is 4.47 Å². The van der Waals surface area contributed by atoms with Crippen LogP contribution in [0.4, 0.5) is 8.78 Å². The van der Waals surface area contributed by atoms with Gasteiger partial charge in [0.15, 0.2) is 11.6 Å². The number of rotatable bonds is 2. The van der Waals surface area contributed by atoms with Gasteiger partial charge in [-0.2, -0.15) is 0 Å². The van der Waals surface area contributed by atoms with Gasteiger partial charge in [0.2, 0.25) is 0 Å². The van der Waals surface area contributed by atoms with Crippen molar-refractivity contribution >= 4 is 15.9 Å². The summed E-state index contributed by atoms with van der Waals surface area (Å²) in [4.78, 5) is 0. The summed E-state index contributed by atoms with van der Waals surface area (Å²) in [5, 5.41) is 10.2. The number of aliphatic hydroxyl groups is 1. The Morgan fingerprint density at radius 1 is 1.06 bits per heavy atom. The fourth-order valence-corrected chi connectivity index (χ4v) is 2.43. The molecule has 1 N–H and O–H groups in total. The normalized spacial score (nSPS) is 12.5. The number of hydrogen-bond acceptors (Lipinski definition) is 1. The molecular formula is C14H11BrF2O. The van der Waals surface area contributed by atoms with E-state index in [0.717, 1.165) is 22.2 Å². The van der Waals surface area contributed by atoms with Crippen LogP contribution in [0, 0.1) is 18.6 Å². The maximum absolute atomic E-state index is 13.1. The second-order valence-electron chi connectivity index (χ2n) is 4.10. The van der Waals surface area contributed by atoms with Crippen LogP contribution in [0.15, 0.2) is 40.9 Å². The lowest BCUT2D eigenvalue weighted by atomic mass is 10.0. The Labute approximate surface area is 112 Å². The first-order valence-corrected chi connectivity index (χ1v) is 6.17. The molecule has 0 spiro atoms. The minimum Gasteiger partial charge on any atom is -0.384 e. The van der Waals surface area contributed by atoms with Crippen molar-refractivity contribution in [2.45, 2.75) is 13.0 Å². The molecule has 0 saturated heterocycles. The molecule has 0 bridgehead atoms. The van der Waals surface area contributed by atoms with Crippen molar-refractivity contribution in [2.24, 2.45) is 0 Å². The standard InChI is InChI=1S/C14H11BrF2O/c1-8-2-4-10(11(15)6-8)14(18)9-3-5-12(16)13(17)7-9/h2-7,14,18H,1H3. The quantitative estimate of drug-likeness (QED) is 0.884. The first-order valence-electron chi connectivity index (χ1n) is 5.38. The monoisotopic (exact) mass is 312 g/mol. The van der Waals surface area contributed by atoms with E-state index in [4.69, 9.17) is 0 Å². The minimum atomic E-state index is -0.991. The van der Waals surface area contributed by atoms with E-state index in [2.05, 4.69) is 15.9 Å². The second-order valence-corrected chi connectivity index (χ2v) is 4.96. The van der Waals surface area contributed by atoms with Gasteiger partial charge in [0.25, 0.3) is 0 Å². The molecule has 2 rings (SSSR count). The van der Waals surface area contributed by atoms with Crippen molar-refractivity contribution < 1.29 is 13.9 Å². The highest BCUT2D eigenvalue weighted by atomic mass is 79.9. The Bertz CT molecular complexity index is 584. The largest absolute Gasteiger partial charge is 0.384 e. The maximum atomic E-state index is 13.1. The summed E-state index contributed by atoms with van der Waals surface area (Å²) in [5.41, 5.74) is 1.98. The number of hydrogen-bond donors (Lipinski definition) is 1. The predicted molar refractivity (Wildman–Crippen MR) is 69.3 cm³/mol. The molecule has 1 unspecified atom stereocenters. The van der Waals surface area contributed by atoms with Crippen molar-refractivity contribution in [1.82, 2.24) is 0 Å². The van der Waals surface area contributed by atoms with Crippen LogP contribution < -0.4 is 0 Å². The molecule has 2 aromatic carbocycles. The smallest absolute Gasteiger partial charge is 0.159 e. The fraction of sp³-hybridized carbons (Fsp3) is 0.143. The summed E-state index contributed by atoms with van der Waals surface area (Å²) in [7, 11) is 0. The number of halogens is 3. The van der Waals surface area contributed by atoms with Gasteiger partial charge in [-0.1, -0.05) is 34.1 Å². The summed E-state index contributed by atoms with van der Waals surface area (Å²) in [6.45, 7) is 1.93. The van der Waals surface area contributed by atoms with Crippen LogP contribution in [0.25, 0.3) is 0 Å². The van der Waals surface area contributed by atoms with Crippen LogP contribution in [0.5, 0.6) is 0 Å². The van der Waals surface area contributed by atoms with Crippen molar-refractivity contribution in [3.8, 4) is 0 Å². The van der Waals surface area contributed by atoms with Crippen molar-refractivity contribution in [2.75, 3.05) is 0 Å². The molecule has 4 heteroatoms. The second kappa shape index (κ2) is 5.16. The molecule has 0 amide bonds. The van der Waals surface area contributed by atoms with Crippen LogP contribution in [0.3, 0.4) is 0 Å². The van der Waals surface area contributed by atoms with Crippen molar-refractivity contribution in [3.05, 3.63) is 69.2 Å². The first kappa shape index (κ1) is 13.2. The van der Waals surface area contributed by atoms with E-state index in [1.54, 1.807) is 6.07 Å². The SMILES string of the molecule is Cc1ccc(C(O)c2ccc(F)c(F)c2)c(Br)c1. The van der Waals surface area contributed by atoms with E-state index in [9.17, 15) is 13.9 Å². The molecule has 1 nitrogen and oxygen atoms in total. The van der Waals surface area contributed by atoms with Crippen molar-refractivity contribution in [1.29, 1.82) is 0 Å². The highest BCUT2D eigenvalue weighted by Gasteiger charge is 2.15. The van der Waals surface area contributed by atoms with Gasteiger partial charge in [-0.15, -0.1) is 0 Å². The van der Waals surface area contributed by atoms with E-state index in [1.807, 2.05) is 19.1 Å². The molecule has 18 heavy (non-hydrogen) atoms. The zero-order chi connectivity index (χ0) is 13.3. The first-order chi connectivity index (χ1) is 8.49. The van der Waals surface area contributed by atoms with E-state index in [0.29, 0.717) is 11.1 Å². The lowest BCUT2D eigenvalue weighted by molar-refractivity contribution is 0.218. The Morgan fingerprint density at radius 2 is 1.78 bits per heavy atom. The zero-order valence-electron chi connectivity index (χ0n) is 9.62. The van der Waals surface area contributed by atoms with Gasteiger partial charge >= 0.3 is 0 Å². The molecule has 0 saturated carbocycles. The lowest BCUT2D eigenvalue weighted by Gasteiger charge is -2.14. The van der Waals surface area contributed by atoms with Gasteiger partial charge in [0.05, 0.1) is 0 Å².